The molecule has 21 heavy (non-hydrogen) atoms. The van der Waals surface area contributed by atoms with Gasteiger partial charge >= 0.3 is 0 Å². The fourth-order valence-electron chi connectivity index (χ4n) is 1.63. The number of benzene rings is 1. The second kappa shape index (κ2) is 6.56. The Kier molecular flexibility index (Phi) is 5.19. The molecule has 2 N–H and O–H groups in total. The largest absolute Gasteiger partial charge is 0.376 e. The number of halogens is 2. The van der Waals surface area contributed by atoms with Crippen molar-refractivity contribution in [3.8, 4) is 11.5 Å². The average Bonchev–Trinajstić information content (AvgIpc) is 2.86. The molecule has 1 atom stereocenters. The van der Waals surface area contributed by atoms with Crippen molar-refractivity contribution in [1.29, 1.82) is 0 Å². The van der Waals surface area contributed by atoms with E-state index in [9.17, 15) is 0 Å². The Morgan fingerprint density at radius 3 is 2.71 bits per heavy atom. The van der Waals surface area contributed by atoms with E-state index in [0.717, 1.165) is 14.5 Å². The van der Waals surface area contributed by atoms with Gasteiger partial charge in [0.1, 0.15) is 5.54 Å². The standard InChI is InChI=1S/C14H17Br2N3O2/c1-8(2)20-7-14(3,17)13-18-12(21-19-13)10-5-4-9(15)6-11(10)16/h4-6,8H,7,17H2,1-3H3. The van der Waals surface area contributed by atoms with E-state index in [1.807, 2.05) is 39.0 Å². The summed E-state index contributed by atoms with van der Waals surface area (Å²) in [6, 6.07) is 5.72. The van der Waals surface area contributed by atoms with Gasteiger partial charge < -0.3 is 15.0 Å². The van der Waals surface area contributed by atoms with Crippen molar-refractivity contribution in [2.75, 3.05) is 6.61 Å². The molecular formula is C14H17Br2N3O2. The van der Waals surface area contributed by atoms with Crippen LogP contribution in [0.4, 0.5) is 0 Å². The highest BCUT2D eigenvalue weighted by molar-refractivity contribution is 9.11. The predicted octanol–water partition coefficient (Wildman–Crippen LogP) is 3.86. The highest BCUT2D eigenvalue weighted by Crippen LogP contribution is 2.30. The second-order valence-electron chi connectivity index (χ2n) is 5.32. The third-order valence-corrected chi connectivity index (χ3v) is 3.96. The summed E-state index contributed by atoms with van der Waals surface area (Å²) in [5.41, 5.74) is 6.23. The predicted molar refractivity (Wildman–Crippen MR) is 87.8 cm³/mol. The van der Waals surface area contributed by atoms with Crippen LogP contribution in [0.2, 0.25) is 0 Å². The molecule has 0 radical (unpaired) electrons. The molecule has 0 aliphatic heterocycles. The lowest BCUT2D eigenvalue weighted by Crippen LogP contribution is -2.40. The Morgan fingerprint density at radius 1 is 1.38 bits per heavy atom. The van der Waals surface area contributed by atoms with E-state index in [1.165, 1.54) is 0 Å². The average molecular weight is 419 g/mol. The molecule has 0 amide bonds. The smallest absolute Gasteiger partial charge is 0.259 e. The molecule has 114 valence electrons. The van der Waals surface area contributed by atoms with Crippen molar-refractivity contribution < 1.29 is 9.26 Å². The Bertz CT molecular complexity index is 626. The van der Waals surface area contributed by atoms with E-state index in [-0.39, 0.29) is 6.10 Å². The van der Waals surface area contributed by atoms with E-state index in [4.69, 9.17) is 15.0 Å². The molecule has 0 aliphatic rings. The molecule has 5 nitrogen and oxygen atoms in total. The summed E-state index contributed by atoms with van der Waals surface area (Å²) in [6.07, 6.45) is 0.0971. The van der Waals surface area contributed by atoms with Crippen LogP contribution in [0.15, 0.2) is 31.7 Å². The van der Waals surface area contributed by atoms with E-state index in [2.05, 4.69) is 42.0 Å². The lowest BCUT2D eigenvalue weighted by atomic mass is 10.1. The molecule has 1 unspecified atom stereocenters. The van der Waals surface area contributed by atoms with Crippen LogP contribution in [0.3, 0.4) is 0 Å². The molecule has 7 heteroatoms. The number of aromatic nitrogens is 2. The van der Waals surface area contributed by atoms with Crippen molar-refractivity contribution in [2.45, 2.75) is 32.4 Å². The molecule has 0 fully saturated rings. The number of nitrogens with zero attached hydrogens (tertiary/aromatic N) is 2. The van der Waals surface area contributed by atoms with Crippen LogP contribution < -0.4 is 5.73 Å². The van der Waals surface area contributed by atoms with Crippen molar-refractivity contribution in [1.82, 2.24) is 10.1 Å². The van der Waals surface area contributed by atoms with E-state index >= 15 is 0 Å². The van der Waals surface area contributed by atoms with Gasteiger partial charge in [0.15, 0.2) is 5.82 Å². The summed E-state index contributed by atoms with van der Waals surface area (Å²) in [5, 5.41) is 3.98. The summed E-state index contributed by atoms with van der Waals surface area (Å²) < 4.78 is 12.7. The van der Waals surface area contributed by atoms with Crippen molar-refractivity contribution >= 4 is 31.9 Å². The molecule has 1 aromatic heterocycles. The SMILES string of the molecule is CC(C)OCC(C)(N)c1noc(-c2ccc(Br)cc2Br)n1. The Labute approximate surface area is 140 Å². The van der Waals surface area contributed by atoms with Gasteiger partial charge in [-0.2, -0.15) is 4.98 Å². The summed E-state index contributed by atoms with van der Waals surface area (Å²) in [6.45, 7) is 6.05. The van der Waals surface area contributed by atoms with Crippen molar-refractivity contribution in [3.05, 3.63) is 33.0 Å². The Balaban J connectivity index is 2.25. The van der Waals surface area contributed by atoms with Crippen LogP contribution in [-0.4, -0.2) is 22.9 Å². The van der Waals surface area contributed by atoms with E-state index < -0.39 is 5.54 Å². The lowest BCUT2D eigenvalue weighted by Gasteiger charge is -2.21. The first-order valence-corrected chi connectivity index (χ1v) is 8.08. The van der Waals surface area contributed by atoms with Crippen LogP contribution in [0.1, 0.15) is 26.6 Å². The quantitative estimate of drug-likeness (QED) is 0.797. The van der Waals surface area contributed by atoms with E-state index in [0.29, 0.717) is 18.3 Å². The Hall–Kier alpha value is -0.760. The van der Waals surface area contributed by atoms with Gasteiger partial charge in [0.25, 0.3) is 5.89 Å². The topological polar surface area (TPSA) is 74.2 Å². The first-order valence-electron chi connectivity index (χ1n) is 6.49. The van der Waals surface area contributed by atoms with Crippen LogP contribution in [0.25, 0.3) is 11.5 Å². The maximum absolute atomic E-state index is 6.21. The molecule has 0 bridgehead atoms. The number of ether oxygens (including phenoxy) is 1. The van der Waals surface area contributed by atoms with Gasteiger partial charge in [-0.25, -0.2) is 0 Å². The first-order chi connectivity index (χ1) is 9.79. The van der Waals surface area contributed by atoms with Gasteiger partial charge in [-0.3, -0.25) is 0 Å². The second-order valence-corrected chi connectivity index (χ2v) is 7.09. The monoisotopic (exact) mass is 417 g/mol. The van der Waals surface area contributed by atoms with Gasteiger partial charge in [0.2, 0.25) is 0 Å². The maximum Gasteiger partial charge on any atom is 0.259 e. The summed E-state index contributed by atoms with van der Waals surface area (Å²) in [4.78, 5) is 4.39. The van der Waals surface area contributed by atoms with Gasteiger partial charge in [-0.1, -0.05) is 21.1 Å². The zero-order valence-corrected chi connectivity index (χ0v) is 15.2. The molecule has 2 aromatic rings. The van der Waals surface area contributed by atoms with Gasteiger partial charge in [-0.15, -0.1) is 0 Å². The normalized spacial score (nSPS) is 14.4. The highest BCUT2D eigenvalue weighted by atomic mass is 79.9. The molecule has 2 rings (SSSR count). The molecule has 0 spiro atoms. The van der Waals surface area contributed by atoms with Gasteiger partial charge in [-0.05, 0) is 54.9 Å². The van der Waals surface area contributed by atoms with Crippen molar-refractivity contribution in [3.63, 3.8) is 0 Å². The van der Waals surface area contributed by atoms with Gasteiger partial charge in [0, 0.05) is 8.95 Å². The molecule has 0 aliphatic carbocycles. The molecule has 1 heterocycles. The number of rotatable bonds is 5. The minimum atomic E-state index is -0.798. The fraction of sp³-hybridized carbons (Fsp3) is 0.429. The third-order valence-electron chi connectivity index (χ3n) is 2.81. The minimum Gasteiger partial charge on any atom is -0.376 e. The fourth-order valence-corrected chi connectivity index (χ4v) is 2.85. The summed E-state index contributed by atoms with van der Waals surface area (Å²) >= 11 is 6.89. The number of nitrogens with two attached hydrogens (primary N) is 1. The Morgan fingerprint density at radius 2 is 2.10 bits per heavy atom. The molecule has 1 aromatic carbocycles. The molecular weight excluding hydrogens is 402 g/mol. The first kappa shape index (κ1) is 16.6. The zero-order chi connectivity index (χ0) is 15.6. The lowest BCUT2D eigenvalue weighted by molar-refractivity contribution is 0.0410. The number of hydrogen-bond acceptors (Lipinski definition) is 5. The van der Waals surface area contributed by atoms with Gasteiger partial charge in [0.05, 0.1) is 18.3 Å². The summed E-state index contributed by atoms with van der Waals surface area (Å²) in [7, 11) is 0. The third kappa shape index (κ3) is 4.12. The van der Waals surface area contributed by atoms with E-state index in [1.54, 1.807) is 0 Å². The number of hydrogen-bond donors (Lipinski definition) is 1. The van der Waals surface area contributed by atoms with Crippen molar-refractivity contribution in [2.24, 2.45) is 5.73 Å². The summed E-state index contributed by atoms with van der Waals surface area (Å²) in [5.74, 6) is 0.846. The maximum atomic E-state index is 6.21. The molecule has 0 saturated carbocycles. The van der Waals surface area contributed by atoms with Crippen LogP contribution in [0, 0.1) is 0 Å². The highest BCUT2D eigenvalue weighted by Gasteiger charge is 2.29. The zero-order valence-electron chi connectivity index (χ0n) is 12.1. The molecule has 0 saturated heterocycles. The van der Waals surface area contributed by atoms with Crippen LogP contribution >= 0.6 is 31.9 Å². The van der Waals surface area contributed by atoms with Crippen LogP contribution in [-0.2, 0) is 10.3 Å². The minimum absolute atomic E-state index is 0.0971. The van der Waals surface area contributed by atoms with Crippen LogP contribution in [0.5, 0.6) is 0 Å².